The van der Waals surface area contributed by atoms with Gasteiger partial charge in [0.2, 0.25) is 0 Å². The molecule has 0 aliphatic heterocycles. The monoisotopic (exact) mass is 508 g/mol. The Morgan fingerprint density at radius 2 is 1.78 bits per heavy atom. The fourth-order valence-electron chi connectivity index (χ4n) is 5.68. The van der Waals surface area contributed by atoms with Crippen LogP contribution in [0.1, 0.15) is 30.4 Å². The highest BCUT2D eigenvalue weighted by molar-refractivity contribution is 5.44. The van der Waals surface area contributed by atoms with Gasteiger partial charge in [0.15, 0.2) is 5.60 Å². The van der Waals surface area contributed by atoms with E-state index in [9.17, 15) is 19.0 Å². The zero-order valence-corrected chi connectivity index (χ0v) is 19.0. The van der Waals surface area contributed by atoms with E-state index in [0.717, 1.165) is 28.7 Å². The molecule has 0 spiro atoms. The van der Waals surface area contributed by atoms with Gasteiger partial charge in [-0.1, -0.05) is 12.1 Å². The summed E-state index contributed by atoms with van der Waals surface area (Å²) in [6, 6.07) is 8.95. The number of aromatic nitrogens is 4. The average Bonchev–Trinajstić information content (AvgIpc) is 3.29. The van der Waals surface area contributed by atoms with Gasteiger partial charge in [-0.3, -0.25) is 0 Å². The number of nitrogens with zero attached hydrogens (tertiary/aromatic N) is 4. The molecule has 1 aromatic heterocycles. The number of aliphatic hydroxyl groups is 3. The van der Waals surface area contributed by atoms with Crippen molar-refractivity contribution in [3.63, 3.8) is 0 Å². The SMILES string of the molecule is OC[C@H](O)COc1ccc(C23CC(C(F)(F)C(O)(Cn4cnnn4)c4ccc(F)cc4F)(C2)C3)cc1. The van der Waals surface area contributed by atoms with E-state index in [-0.39, 0.29) is 25.9 Å². The average molecular weight is 508 g/mol. The van der Waals surface area contributed by atoms with Gasteiger partial charge in [0.25, 0.3) is 5.92 Å². The molecule has 3 aromatic rings. The van der Waals surface area contributed by atoms with Gasteiger partial charge < -0.3 is 20.1 Å². The molecule has 2 aromatic carbocycles. The Labute approximate surface area is 203 Å². The number of rotatable bonds is 10. The Morgan fingerprint density at radius 1 is 1.08 bits per heavy atom. The van der Waals surface area contributed by atoms with Crippen molar-refractivity contribution in [2.75, 3.05) is 13.2 Å². The summed E-state index contributed by atoms with van der Waals surface area (Å²) >= 11 is 0. The van der Waals surface area contributed by atoms with Gasteiger partial charge in [-0.25, -0.2) is 22.2 Å². The second kappa shape index (κ2) is 8.49. The first-order valence-corrected chi connectivity index (χ1v) is 11.3. The zero-order chi connectivity index (χ0) is 25.8. The summed E-state index contributed by atoms with van der Waals surface area (Å²) in [5.74, 6) is -5.57. The lowest BCUT2D eigenvalue weighted by Gasteiger charge is -2.74. The lowest BCUT2D eigenvalue weighted by Crippen LogP contribution is -2.76. The second-order valence-corrected chi connectivity index (χ2v) is 9.83. The smallest absolute Gasteiger partial charge is 0.287 e. The maximum Gasteiger partial charge on any atom is 0.287 e. The van der Waals surface area contributed by atoms with Crippen LogP contribution in [0.5, 0.6) is 5.75 Å². The van der Waals surface area contributed by atoms with Gasteiger partial charge in [-0.05, 0) is 64.9 Å². The van der Waals surface area contributed by atoms with Gasteiger partial charge in [-0.2, -0.15) is 0 Å². The number of ether oxygens (including phenoxy) is 1. The van der Waals surface area contributed by atoms with E-state index in [1.165, 1.54) is 0 Å². The van der Waals surface area contributed by atoms with Crippen LogP contribution in [0.2, 0.25) is 0 Å². The molecule has 6 rings (SSSR count). The Hall–Kier alpha value is -3.09. The van der Waals surface area contributed by atoms with Crippen LogP contribution in [0.15, 0.2) is 48.8 Å². The Morgan fingerprint density at radius 3 is 2.36 bits per heavy atom. The van der Waals surface area contributed by atoms with Crippen molar-refractivity contribution in [2.45, 2.75) is 48.8 Å². The normalized spacial score (nSPS) is 25.4. The molecule has 0 amide bonds. The first kappa shape index (κ1) is 24.6. The summed E-state index contributed by atoms with van der Waals surface area (Å²) in [5, 5.41) is 40.0. The summed E-state index contributed by atoms with van der Waals surface area (Å²) < 4.78 is 66.9. The molecule has 12 heteroatoms. The molecule has 2 bridgehead atoms. The molecule has 3 N–H and O–H groups in total. The van der Waals surface area contributed by atoms with Crippen molar-refractivity contribution < 1.29 is 37.6 Å². The minimum Gasteiger partial charge on any atom is -0.491 e. The fourth-order valence-corrected chi connectivity index (χ4v) is 5.68. The third kappa shape index (κ3) is 3.66. The van der Waals surface area contributed by atoms with E-state index in [4.69, 9.17) is 9.84 Å². The molecular formula is C24H24F4N4O4. The number of alkyl halides is 2. The van der Waals surface area contributed by atoms with Crippen LogP contribution < -0.4 is 4.74 Å². The molecule has 3 saturated carbocycles. The highest BCUT2D eigenvalue weighted by atomic mass is 19.3. The molecular weight excluding hydrogens is 484 g/mol. The summed E-state index contributed by atoms with van der Waals surface area (Å²) in [6.45, 7) is -1.34. The summed E-state index contributed by atoms with van der Waals surface area (Å²) in [4.78, 5) is 0. The van der Waals surface area contributed by atoms with Crippen LogP contribution in [-0.4, -0.2) is 60.8 Å². The summed E-state index contributed by atoms with van der Waals surface area (Å²) in [7, 11) is 0. The van der Waals surface area contributed by atoms with Gasteiger partial charge in [0, 0.05) is 17.0 Å². The molecule has 3 aliphatic rings. The number of tetrazole rings is 1. The highest BCUT2D eigenvalue weighted by Crippen LogP contribution is 2.80. The quantitative estimate of drug-likeness (QED) is 0.360. The second-order valence-electron chi connectivity index (χ2n) is 9.83. The topological polar surface area (TPSA) is 114 Å². The van der Waals surface area contributed by atoms with Crippen LogP contribution in [0.25, 0.3) is 0 Å². The number of halogens is 4. The zero-order valence-electron chi connectivity index (χ0n) is 19.0. The number of hydrogen-bond acceptors (Lipinski definition) is 7. The molecule has 1 heterocycles. The van der Waals surface area contributed by atoms with Gasteiger partial charge in [-0.15, -0.1) is 5.10 Å². The van der Waals surface area contributed by atoms with Gasteiger partial charge in [0.1, 0.15) is 36.4 Å². The van der Waals surface area contributed by atoms with Crippen LogP contribution >= 0.6 is 0 Å². The van der Waals surface area contributed by atoms with Crippen LogP contribution in [-0.2, 0) is 17.6 Å². The number of hydrogen-bond donors (Lipinski definition) is 3. The molecule has 36 heavy (non-hydrogen) atoms. The first-order valence-electron chi connectivity index (χ1n) is 11.3. The van der Waals surface area contributed by atoms with Crippen molar-refractivity contribution in [2.24, 2.45) is 5.41 Å². The maximum absolute atomic E-state index is 16.2. The lowest BCUT2D eigenvalue weighted by atomic mass is 9.30. The molecule has 8 nitrogen and oxygen atoms in total. The van der Waals surface area contributed by atoms with Crippen molar-refractivity contribution in [1.82, 2.24) is 20.2 Å². The molecule has 2 atom stereocenters. The predicted molar refractivity (Wildman–Crippen MR) is 116 cm³/mol. The van der Waals surface area contributed by atoms with Crippen LogP contribution in [0.4, 0.5) is 17.6 Å². The predicted octanol–water partition coefficient (Wildman–Crippen LogP) is 2.33. The minimum absolute atomic E-state index is 0.0666. The van der Waals surface area contributed by atoms with Crippen LogP contribution in [0, 0.1) is 17.0 Å². The molecule has 1 unspecified atom stereocenters. The largest absolute Gasteiger partial charge is 0.491 e. The lowest BCUT2D eigenvalue weighted by molar-refractivity contribution is -0.347. The minimum atomic E-state index is -3.80. The molecule has 3 fully saturated rings. The van der Waals surface area contributed by atoms with Crippen molar-refractivity contribution >= 4 is 0 Å². The van der Waals surface area contributed by atoms with E-state index in [1.807, 2.05) is 0 Å². The van der Waals surface area contributed by atoms with E-state index in [1.54, 1.807) is 24.3 Å². The van der Waals surface area contributed by atoms with E-state index >= 15 is 8.78 Å². The molecule has 0 radical (unpaired) electrons. The Kier molecular flexibility index (Phi) is 5.80. The molecule has 192 valence electrons. The van der Waals surface area contributed by atoms with Gasteiger partial charge >= 0.3 is 0 Å². The van der Waals surface area contributed by atoms with E-state index in [2.05, 4.69) is 15.5 Å². The fraction of sp³-hybridized carbons (Fsp3) is 0.458. The molecule has 0 saturated heterocycles. The third-order valence-electron chi connectivity index (χ3n) is 7.49. The van der Waals surface area contributed by atoms with Crippen molar-refractivity contribution in [1.29, 1.82) is 0 Å². The third-order valence-corrected chi connectivity index (χ3v) is 7.49. The van der Waals surface area contributed by atoms with Crippen molar-refractivity contribution in [3.05, 3.63) is 71.6 Å². The van der Waals surface area contributed by atoms with Gasteiger partial charge in [0.05, 0.1) is 13.2 Å². The maximum atomic E-state index is 16.2. The summed E-state index contributed by atoms with van der Waals surface area (Å²) in [5.41, 5.74) is -5.03. The molecule has 3 aliphatic carbocycles. The number of aliphatic hydroxyl groups excluding tert-OH is 2. The Bertz CT molecular complexity index is 1220. The summed E-state index contributed by atoms with van der Waals surface area (Å²) in [6.07, 6.45) is 0.225. The highest BCUT2D eigenvalue weighted by Gasteiger charge is 2.82. The van der Waals surface area contributed by atoms with Crippen molar-refractivity contribution in [3.8, 4) is 5.75 Å². The van der Waals surface area contributed by atoms with E-state index in [0.29, 0.717) is 11.8 Å². The number of benzene rings is 2. The van der Waals surface area contributed by atoms with E-state index < -0.39 is 58.8 Å². The van der Waals surface area contributed by atoms with Crippen LogP contribution in [0.3, 0.4) is 0 Å². The first-order chi connectivity index (χ1) is 17.0. The Balaban J connectivity index is 1.38. The standard InChI is InChI=1S/C24H24F4N4O4/c25-16-3-6-19(20(26)7-16)23(35,13-32-14-29-30-31-32)24(27,28)22-10-21(11-22,12-22)15-1-4-18(5-2-15)36-9-17(34)8-33/h1-7,14,17,33-35H,8-13H2/t17-,21?,22?,23?/m0/s1.